The number of rotatable bonds is 0. The van der Waals surface area contributed by atoms with E-state index in [1.54, 1.807) is 53.5 Å². The fraction of sp³-hybridized carbons (Fsp3) is 0. The highest BCUT2D eigenvalue weighted by molar-refractivity contribution is 7.76. The zero-order valence-corrected chi connectivity index (χ0v) is 12.5. The zero-order chi connectivity index (χ0) is 12.7. The molecule has 0 spiro atoms. The van der Waals surface area contributed by atoms with Crippen molar-refractivity contribution in [2.45, 2.75) is 0 Å². The first kappa shape index (κ1) is 10.6. The molecule has 2 aromatic heterocycles. The molecule has 0 aliphatic carbocycles. The zero-order valence-electron chi connectivity index (χ0n) is 9.22. The van der Waals surface area contributed by atoms with Gasteiger partial charge in [0.05, 0.1) is 14.8 Å². The molecule has 5 aromatic rings. The van der Waals surface area contributed by atoms with Crippen LogP contribution in [0.2, 0.25) is 0 Å². The Morgan fingerprint density at radius 3 is 1.84 bits per heavy atom. The molecule has 0 aliphatic heterocycles. The third-order valence-electron chi connectivity index (χ3n) is 3.47. The van der Waals surface area contributed by atoms with Crippen LogP contribution in [0.1, 0.15) is 0 Å². The molecule has 3 aromatic carbocycles. The summed E-state index contributed by atoms with van der Waals surface area (Å²) in [6.07, 6.45) is 0. The predicted octanol–water partition coefficient (Wildman–Crippen LogP) is 5.05. The van der Waals surface area contributed by atoms with Crippen LogP contribution >= 0.6 is 41.4 Å². The predicted molar refractivity (Wildman–Crippen MR) is 87.1 cm³/mol. The molecule has 2 nitrogen and oxygen atoms in total. The van der Waals surface area contributed by atoms with Crippen LogP contribution in [-0.2, 0) is 0 Å². The molecule has 19 heavy (non-hydrogen) atoms. The molecule has 0 saturated carbocycles. The highest BCUT2D eigenvalue weighted by Crippen LogP contribution is 2.48. The minimum absolute atomic E-state index is 0.0773. The molecule has 0 amide bonds. The number of phenolic OH excluding ortho intramolecular Hbond substituents is 1. The monoisotopic (exact) mass is 320 g/mol. The lowest BCUT2D eigenvalue weighted by atomic mass is 9.99. The first-order valence-corrected chi connectivity index (χ1v) is 9.86. The average molecular weight is 320 g/mol. The Hall–Kier alpha value is -1.21. The van der Waals surface area contributed by atoms with E-state index < -0.39 is 0 Å². The Morgan fingerprint density at radius 2 is 1.21 bits per heavy atom. The van der Waals surface area contributed by atoms with Crippen molar-refractivity contribution < 1.29 is 5.11 Å². The van der Waals surface area contributed by atoms with Gasteiger partial charge in [0.1, 0.15) is 5.75 Å². The van der Waals surface area contributed by atoms with Gasteiger partial charge in [-0.2, -0.15) is 0 Å². The Bertz CT molecular complexity index is 1120. The number of phenols is 1. The number of benzene rings is 3. The Balaban J connectivity index is 2.40. The van der Waals surface area contributed by atoms with Gasteiger partial charge in [-0.1, -0.05) is 41.4 Å². The molecule has 1 N–H and O–H groups in total. The van der Waals surface area contributed by atoms with Crippen molar-refractivity contribution in [3.05, 3.63) is 28.4 Å². The van der Waals surface area contributed by atoms with Crippen LogP contribution in [-0.4, -0.2) is 5.11 Å². The first-order chi connectivity index (χ1) is 9.24. The summed E-state index contributed by atoms with van der Waals surface area (Å²) in [4.78, 5) is 12.3. The molecule has 0 atom stereocenters. The van der Waals surface area contributed by atoms with Crippen LogP contribution in [0.4, 0.5) is 0 Å². The third kappa shape index (κ3) is 1.14. The van der Waals surface area contributed by atoms with Gasteiger partial charge in [-0.3, -0.25) is 4.79 Å². The normalized spacial score (nSPS) is 12.6. The van der Waals surface area contributed by atoms with E-state index in [9.17, 15) is 9.90 Å². The third-order valence-corrected chi connectivity index (χ3v) is 8.30. The molecule has 0 radical (unpaired) electrons. The van der Waals surface area contributed by atoms with Gasteiger partial charge in [-0.15, -0.1) is 0 Å². The fourth-order valence-electron chi connectivity index (χ4n) is 2.73. The minimum Gasteiger partial charge on any atom is -0.507 e. The SMILES string of the molecule is O=c1cc2ssc3cc4ssc5cc(O)c1c(c54)c23. The maximum absolute atomic E-state index is 12.3. The summed E-state index contributed by atoms with van der Waals surface area (Å²) >= 11 is 0. The quantitative estimate of drug-likeness (QED) is 0.405. The van der Waals surface area contributed by atoms with Crippen molar-refractivity contribution >= 4 is 81.7 Å². The Kier molecular flexibility index (Phi) is 1.82. The molecular weight excluding hydrogens is 316 g/mol. The van der Waals surface area contributed by atoms with Crippen LogP contribution < -0.4 is 5.43 Å². The first-order valence-electron chi connectivity index (χ1n) is 5.56. The van der Waals surface area contributed by atoms with Gasteiger partial charge in [-0.25, -0.2) is 0 Å². The van der Waals surface area contributed by atoms with Crippen molar-refractivity contribution in [2.24, 2.45) is 0 Å². The van der Waals surface area contributed by atoms with E-state index in [0.717, 1.165) is 25.6 Å². The molecule has 5 rings (SSSR count). The number of aromatic hydroxyl groups is 1. The molecule has 0 bridgehead atoms. The van der Waals surface area contributed by atoms with Crippen LogP contribution in [0.15, 0.2) is 23.0 Å². The second-order valence-electron chi connectivity index (χ2n) is 4.47. The summed E-state index contributed by atoms with van der Waals surface area (Å²) < 4.78 is 4.51. The maximum Gasteiger partial charge on any atom is 0.191 e. The lowest BCUT2D eigenvalue weighted by Gasteiger charge is -2.06. The molecule has 0 saturated heterocycles. The topological polar surface area (TPSA) is 37.3 Å². The van der Waals surface area contributed by atoms with E-state index in [1.165, 1.54) is 9.40 Å². The van der Waals surface area contributed by atoms with E-state index in [2.05, 4.69) is 6.07 Å². The summed E-state index contributed by atoms with van der Waals surface area (Å²) in [7, 11) is 6.71. The summed E-state index contributed by atoms with van der Waals surface area (Å²) in [6.45, 7) is 0. The lowest BCUT2D eigenvalue weighted by molar-refractivity contribution is 0.482. The van der Waals surface area contributed by atoms with E-state index in [4.69, 9.17) is 0 Å². The van der Waals surface area contributed by atoms with Crippen LogP contribution in [0.3, 0.4) is 0 Å². The van der Waals surface area contributed by atoms with Gasteiger partial charge in [0.2, 0.25) is 0 Å². The molecule has 6 heteroatoms. The van der Waals surface area contributed by atoms with Crippen LogP contribution in [0, 0.1) is 0 Å². The van der Waals surface area contributed by atoms with E-state index in [0.29, 0.717) is 5.39 Å². The second kappa shape index (κ2) is 3.27. The number of hydrogen-bond donors (Lipinski definition) is 1. The van der Waals surface area contributed by atoms with E-state index in [-0.39, 0.29) is 11.2 Å². The molecule has 0 fully saturated rings. The Labute approximate surface area is 120 Å². The van der Waals surface area contributed by atoms with E-state index in [1.807, 2.05) is 0 Å². The van der Waals surface area contributed by atoms with Crippen LogP contribution in [0.5, 0.6) is 5.75 Å². The maximum atomic E-state index is 12.3. The molecule has 0 aliphatic rings. The van der Waals surface area contributed by atoms with Crippen molar-refractivity contribution in [3.8, 4) is 5.75 Å². The Morgan fingerprint density at radius 1 is 0.684 bits per heavy atom. The van der Waals surface area contributed by atoms with Crippen molar-refractivity contribution in [3.63, 3.8) is 0 Å². The molecular formula is C13H4O2S4. The van der Waals surface area contributed by atoms with Gasteiger partial charge >= 0.3 is 0 Å². The van der Waals surface area contributed by atoms with Gasteiger partial charge in [0.15, 0.2) is 5.43 Å². The number of hydrogen-bond acceptors (Lipinski definition) is 6. The van der Waals surface area contributed by atoms with Gasteiger partial charge in [0.25, 0.3) is 0 Å². The smallest absolute Gasteiger partial charge is 0.191 e. The van der Waals surface area contributed by atoms with Gasteiger partial charge < -0.3 is 5.11 Å². The van der Waals surface area contributed by atoms with Gasteiger partial charge in [-0.05, 0) is 12.1 Å². The summed E-state index contributed by atoms with van der Waals surface area (Å²) in [5.41, 5.74) is -0.0773. The van der Waals surface area contributed by atoms with Crippen molar-refractivity contribution in [2.75, 3.05) is 0 Å². The minimum atomic E-state index is -0.0773. The van der Waals surface area contributed by atoms with Crippen molar-refractivity contribution in [1.29, 1.82) is 0 Å². The molecule has 2 heterocycles. The van der Waals surface area contributed by atoms with Crippen molar-refractivity contribution in [1.82, 2.24) is 0 Å². The average Bonchev–Trinajstić information content (AvgIpc) is 2.96. The van der Waals surface area contributed by atoms with E-state index >= 15 is 0 Å². The fourth-order valence-corrected chi connectivity index (χ4v) is 7.77. The highest BCUT2D eigenvalue weighted by atomic mass is 32.9. The van der Waals surface area contributed by atoms with Gasteiger partial charge in [0, 0.05) is 31.6 Å². The molecule has 0 unspecified atom stereocenters. The summed E-state index contributed by atoms with van der Waals surface area (Å²) in [6, 6.07) is 5.59. The highest BCUT2D eigenvalue weighted by Gasteiger charge is 2.20. The standard InChI is InChI=1S/C13H4O2S4/c14-4-1-6-11-8(18-16-6)3-9-12-7(17-19-9)2-5(15)10(4)13(11)12/h1-3,14H. The van der Waals surface area contributed by atoms with Crippen LogP contribution in [0.25, 0.3) is 40.3 Å². The largest absolute Gasteiger partial charge is 0.507 e. The second-order valence-corrected chi connectivity index (χ2v) is 8.90. The lowest BCUT2D eigenvalue weighted by Crippen LogP contribution is -1.99. The summed E-state index contributed by atoms with van der Waals surface area (Å²) in [5, 5.41) is 13.9. The summed E-state index contributed by atoms with van der Waals surface area (Å²) in [5.74, 6) is 0.110. The molecule has 92 valence electrons.